The number of carboxylic acids is 1. The van der Waals surface area contributed by atoms with Gasteiger partial charge in [0.2, 0.25) is 0 Å². The number of halogens is 1. The first-order chi connectivity index (χ1) is 7.85. The molecule has 1 aliphatic heterocycles. The van der Waals surface area contributed by atoms with E-state index in [1.54, 1.807) is 11.8 Å². The van der Waals surface area contributed by atoms with Gasteiger partial charge in [0.05, 0.1) is 16.9 Å². The van der Waals surface area contributed by atoms with Crippen molar-refractivity contribution in [3.8, 4) is 0 Å². The van der Waals surface area contributed by atoms with E-state index in [9.17, 15) is 13.2 Å². The number of sulfone groups is 1. The van der Waals surface area contributed by atoms with E-state index in [4.69, 9.17) is 16.7 Å². The summed E-state index contributed by atoms with van der Waals surface area (Å²) >= 11 is 7.46. The van der Waals surface area contributed by atoms with Gasteiger partial charge < -0.3 is 5.11 Å². The van der Waals surface area contributed by atoms with Gasteiger partial charge in [0.25, 0.3) is 0 Å². The third-order valence-electron chi connectivity index (χ3n) is 2.61. The second kappa shape index (κ2) is 6.26. The number of rotatable bonds is 6. The van der Waals surface area contributed by atoms with Crippen LogP contribution < -0.4 is 5.32 Å². The smallest absolute Gasteiger partial charge is 0.320 e. The lowest BCUT2D eigenvalue weighted by Crippen LogP contribution is -2.47. The first-order valence-electron chi connectivity index (χ1n) is 5.18. The van der Waals surface area contributed by atoms with Crippen molar-refractivity contribution in [1.82, 2.24) is 5.32 Å². The molecule has 8 heteroatoms. The van der Waals surface area contributed by atoms with Crippen molar-refractivity contribution in [2.45, 2.75) is 23.9 Å². The van der Waals surface area contributed by atoms with Crippen molar-refractivity contribution in [3.63, 3.8) is 0 Å². The van der Waals surface area contributed by atoms with E-state index in [0.717, 1.165) is 0 Å². The Labute approximate surface area is 110 Å². The number of alkyl halides is 1. The molecule has 1 rings (SSSR count). The lowest BCUT2D eigenvalue weighted by Gasteiger charge is -2.20. The molecule has 2 N–H and O–H groups in total. The summed E-state index contributed by atoms with van der Waals surface area (Å²) in [5.41, 5.74) is 0. The summed E-state index contributed by atoms with van der Waals surface area (Å²) in [4.78, 5) is 11.0. The summed E-state index contributed by atoms with van der Waals surface area (Å²) in [6.07, 6.45) is 2.35. The maximum Gasteiger partial charge on any atom is 0.320 e. The molecule has 0 spiro atoms. The molecule has 0 aromatic carbocycles. The Kier molecular flexibility index (Phi) is 5.56. The predicted molar refractivity (Wildman–Crippen MR) is 69.6 cm³/mol. The normalized spacial score (nSPS) is 29.1. The third kappa shape index (κ3) is 4.65. The molecule has 0 unspecified atom stereocenters. The maximum atomic E-state index is 11.3. The Morgan fingerprint density at radius 2 is 2.24 bits per heavy atom. The van der Waals surface area contributed by atoms with E-state index in [1.807, 2.05) is 6.26 Å². The number of nitrogens with one attached hydrogen (secondary N) is 1. The molecule has 1 fully saturated rings. The summed E-state index contributed by atoms with van der Waals surface area (Å²) in [6, 6.07) is -1.20. The van der Waals surface area contributed by atoms with Crippen molar-refractivity contribution < 1.29 is 18.3 Å². The second-order valence-electron chi connectivity index (χ2n) is 4.04. The minimum absolute atomic E-state index is 0.0792. The summed E-state index contributed by atoms with van der Waals surface area (Å²) in [6.45, 7) is 0. The van der Waals surface area contributed by atoms with Crippen LogP contribution in [0.1, 0.15) is 6.42 Å². The molecule has 0 bridgehead atoms. The quantitative estimate of drug-likeness (QED) is 0.681. The van der Waals surface area contributed by atoms with Gasteiger partial charge in [-0.3, -0.25) is 10.1 Å². The van der Waals surface area contributed by atoms with Gasteiger partial charge in [-0.15, -0.1) is 11.6 Å². The summed E-state index contributed by atoms with van der Waals surface area (Å²) in [7, 11) is -3.13. The van der Waals surface area contributed by atoms with Crippen LogP contribution in [0.4, 0.5) is 0 Å². The van der Waals surface area contributed by atoms with Crippen LogP contribution in [0.3, 0.4) is 0 Å². The Bertz CT molecular complexity index is 373. The largest absolute Gasteiger partial charge is 0.480 e. The standard InChI is InChI=1S/C9H16ClNO4S2/c1-16-3-2-7(9(12)13)11-8-5-17(14,15)4-6(8)10/h6-8,11H,2-5H2,1H3,(H,12,13)/t6-,7+,8+/m1/s1. The third-order valence-corrected chi connectivity index (χ3v) is 5.63. The van der Waals surface area contributed by atoms with Crippen LogP contribution >= 0.6 is 23.4 Å². The van der Waals surface area contributed by atoms with E-state index in [1.165, 1.54) is 0 Å². The van der Waals surface area contributed by atoms with Crippen LogP contribution in [0.2, 0.25) is 0 Å². The zero-order valence-electron chi connectivity index (χ0n) is 9.43. The molecule has 1 aliphatic rings. The average molecular weight is 302 g/mol. The van der Waals surface area contributed by atoms with Crippen LogP contribution in [0.5, 0.6) is 0 Å². The van der Waals surface area contributed by atoms with Gasteiger partial charge in [0.15, 0.2) is 9.84 Å². The molecule has 0 aromatic rings. The number of thioether (sulfide) groups is 1. The lowest BCUT2D eigenvalue weighted by molar-refractivity contribution is -0.139. The van der Waals surface area contributed by atoms with Gasteiger partial charge in [-0.25, -0.2) is 8.42 Å². The summed E-state index contributed by atoms with van der Waals surface area (Å²) in [5, 5.41) is 11.3. The first-order valence-corrected chi connectivity index (χ1v) is 8.83. The SMILES string of the molecule is CSCC[C@H](N[C@H]1CS(=O)(=O)C[C@H]1Cl)C(=O)O. The van der Waals surface area contributed by atoms with Crippen LogP contribution in [0.15, 0.2) is 0 Å². The molecule has 0 radical (unpaired) electrons. The molecule has 3 atom stereocenters. The topological polar surface area (TPSA) is 83.5 Å². The van der Waals surface area contributed by atoms with Crippen molar-refractivity contribution in [2.24, 2.45) is 0 Å². The van der Waals surface area contributed by atoms with Crippen molar-refractivity contribution in [2.75, 3.05) is 23.5 Å². The Hall–Kier alpha value is 0.0200. The Morgan fingerprint density at radius 1 is 1.59 bits per heavy atom. The van der Waals surface area contributed by atoms with Crippen molar-refractivity contribution >= 4 is 39.2 Å². The number of hydrogen-bond acceptors (Lipinski definition) is 5. The highest BCUT2D eigenvalue weighted by Crippen LogP contribution is 2.19. The lowest BCUT2D eigenvalue weighted by atomic mass is 10.1. The Morgan fingerprint density at radius 3 is 2.65 bits per heavy atom. The molecule has 1 heterocycles. The van der Waals surface area contributed by atoms with Gasteiger partial charge in [0.1, 0.15) is 6.04 Å². The molecule has 0 saturated carbocycles. The van der Waals surface area contributed by atoms with E-state index in [0.29, 0.717) is 12.2 Å². The average Bonchev–Trinajstić information content (AvgIpc) is 2.46. The van der Waals surface area contributed by atoms with E-state index in [2.05, 4.69) is 5.32 Å². The maximum absolute atomic E-state index is 11.3. The van der Waals surface area contributed by atoms with E-state index < -0.39 is 33.3 Å². The van der Waals surface area contributed by atoms with Gasteiger partial charge in [-0.05, 0) is 18.4 Å². The molecule has 0 amide bonds. The molecular formula is C9H16ClNO4S2. The van der Waals surface area contributed by atoms with Crippen molar-refractivity contribution in [3.05, 3.63) is 0 Å². The highest BCUT2D eigenvalue weighted by molar-refractivity contribution is 7.98. The van der Waals surface area contributed by atoms with Gasteiger partial charge in [-0.2, -0.15) is 11.8 Å². The molecule has 0 aliphatic carbocycles. The Balaban J connectivity index is 2.58. The predicted octanol–water partition coefficient (Wildman–Crippen LogP) is 0.187. The minimum atomic E-state index is -3.13. The summed E-state index contributed by atoms with van der Waals surface area (Å²) < 4.78 is 22.7. The van der Waals surface area contributed by atoms with Gasteiger partial charge in [-0.1, -0.05) is 0 Å². The molecule has 100 valence electrons. The van der Waals surface area contributed by atoms with Crippen LogP contribution in [-0.2, 0) is 14.6 Å². The molecule has 0 aromatic heterocycles. The fraction of sp³-hybridized carbons (Fsp3) is 0.889. The number of aliphatic carboxylic acids is 1. The molecule has 17 heavy (non-hydrogen) atoms. The fourth-order valence-corrected chi connectivity index (χ4v) is 4.77. The minimum Gasteiger partial charge on any atom is -0.480 e. The highest BCUT2D eigenvalue weighted by Gasteiger charge is 2.38. The monoisotopic (exact) mass is 301 g/mol. The van der Waals surface area contributed by atoms with E-state index in [-0.39, 0.29) is 11.5 Å². The van der Waals surface area contributed by atoms with Crippen LogP contribution in [0, 0.1) is 0 Å². The summed E-state index contributed by atoms with van der Waals surface area (Å²) in [5.74, 6) is -0.422. The fourth-order valence-electron chi connectivity index (χ4n) is 1.73. The second-order valence-corrected chi connectivity index (χ2v) is 7.74. The first kappa shape index (κ1) is 15.1. The zero-order chi connectivity index (χ0) is 13.1. The van der Waals surface area contributed by atoms with Crippen LogP contribution in [0.25, 0.3) is 0 Å². The number of carboxylic acid groups (broad SMARTS) is 1. The zero-order valence-corrected chi connectivity index (χ0v) is 11.8. The highest BCUT2D eigenvalue weighted by atomic mass is 35.5. The molecule has 1 saturated heterocycles. The van der Waals surface area contributed by atoms with Gasteiger partial charge >= 0.3 is 5.97 Å². The molecular weight excluding hydrogens is 286 g/mol. The van der Waals surface area contributed by atoms with Gasteiger partial charge in [0, 0.05) is 6.04 Å². The van der Waals surface area contributed by atoms with E-state index >= 15 is 0 Å². The number of hydrogen-bond donors (Lipinski definition) is 2. The van der Waals surface area contributed by atoms with Crippen LogP contribution in [-0.4, -0.2) is 60.5 Å². The number of carbonyl (C=O) groups is 1. The molecule has 5 nitrogen and oxygen atoms in total. The van der Waals surface area contributed by atoms with Crippen molar-refractivity contribution in [1.29, 1.82) is 0 Å².